The summed E-state index contributed by atoms with van der Waals surface area (Å²) in [6, 6.07) is 8.83. The Kier molecular flexibility index (Phi) is 5.15. The zero-order valence-corrected chi connectivity index (χ0v) is 17.3. The summed E-state index contributed by atoms with van der Waals surface area (Å²) in [5.74, 6) is -0.318. The van der Waals surface area contributed by atoms with Crippen LogP contribution in [0.5, 0.6) is 5.75 Å². The van der Waals surface area contributed by atoms with Gasteiger partial charge >= 0.3 is 6.36 Å². The molecule has 5 rings (SSSR count). The van der Waals surface area contributed by atoms with Gasteiger partial charge in [0, 0.05) is 49.2 Å². The fraction of sp³-hybridized carbons (Fsp3) is 0.304. The van der Waals surface area contributed by atoms with E-state index in [1.807, 2.05) is 6.07 Å². The highest BCUT2D eigenvalue weighted by atomic mass is 19.4. The first kappa shape index (κ1) is 21.2. The lowest BCUT2D eigenvalue weighted by Crippen LogP contribution is -2.49. The topological polar surface area (TPSA) is 77.3 Å². The lowest BCUT2D eigenvalue weighted by Gasteiger charge is -2.42. The van der Waals surface area contributed by atoms with Crippen LogP contribution in [-0.4, -0.2) is 44.8 Å². The molecule has 3 aromatic rings. The van der Waals surface area contributed by atoms with E-state index in [-0.39, 0.29) is 29.1 Å². The number of fused-ring (bicyclic) bond motifs is 4. The third kappa shape index (κ3) is 4.20. The van der Waals surface area contributed by atoms with Crippen molar-refractivity contribution in [3.05, 3.63) is 76.7 Å². The van der Waals surface area contributed by atoms with Gasteiger partial charge in [0.05, 0.1) is 5.56 Å². The van der Waals surface area contributed by atoms with Crippen molar-refractivity contribution in [1.82, 2.24) is 19.4 Å². The SMILES string of the molecule is O=C(c1cncnc1)N1C[C@@H]2C[C@H](C1)c1ccc(-c3ccc(OC(F)(F)F)cc3)c(=O)n1C2. The molecule has 4 heterocycles. The number of rotatable bonds is 3. The van der Waals surface area contributed by atoms with Gasteiger partial charge in [-0.1, -0.05) is 12.1 Å². The van der Waals surface area contributed by atoms with E-state index in [4.69, 9.17) is 0 Å². The molecule has 2 aromatic heterocycles. The summed E-state index contributed by atoms with van der Waals surface area (Å²) in [6.45, 7) is 1.50. The van der Waals surface area contributed by atoms with Crippen molar-refractivity contribution >= 4 is 5.91 Å². The summed E-state index contributed by atoms with van der Waals surface area (Å²) in [4.78, 5) is 35.7. The molecule has 0 saturated carbocycles. The number of nitrogens with zero attached hydrogens (tertiary/aromatic N) is 4. The minimum absolute atomic E-state index is 0.0235. The number of hydrogen-bond donors (Lipinski definition) is 0. The summed E-state index contributed by atoms with van der Waals surface area (Å²) in [5, 5.41) is 0. The van der Waals surface area contributed by atoms with Crippen molar-refractivity contribution in [2.24, 2.45) is 5.92 Å². The second-order valence-corrected chi connectivity index (χ2v) is 8.30. The van der Waals surface area contributed by atoms with Crippen LogP contribution in [0.1, 0.15) is 28.4 Å². The molecule has 1 amide bonds. The minimum Gasteiger partial charge on any atom is -0.406 e. The highest BCUT2D eigenvalue weighted by Crippen LogP contribution is 2.36. The Morgan fingerprint density at radius 1 is 1.00 bits per heavy atom. The summed E-state index contributed by atoms with van der Waals surface area (Å²) in [7, 11) is 0. The van der Waals surface area contributed by atoms with Crippen molar-refractivity contribution in [2.75, 3.05) is 13.1 Å². The number of carbonyl (C=O) groups excluding carboxylic acids is 1. The fourth-order valence-electron chi connectivity index (χ4n) is 4.76. The Labute approximate surface area is 186 Å². The maximum Gasteiger partial charge on any atom is 0.573 e. The number of carbonyl (C=O) groups is 1. The second-order valence-electron chi connectivity index (χ2n) is 8.30. The predicted molar refractivity (Wildman–Crippen MR) is 112 cm³/mol. The lowest BCUT2D eigenvalue weighted by molar-refractivity contribution is -0.274. The first-order chi connectivity index (χ1) is 15.8. The van der Waals surface area contributed by atoms with Crippen LogP contribution < -0.4 is 10.3 Å². The van der Waals surface area contributed by atoms with Crippen molar-refractivity contribution in [3.63, 3.8) is 0 Å². The molecule has 2 bridgehead atoms. The zero-order chi connectivity index (χ0) is 23.2. The van der Waals surface area contributed by atoms with E-state index in [9.17, 15) is 22.8 Å². The molecule has 0 spiro atoms. The monoisotopic (exact) mass is 456 g/mol. The van der Waals surface area contributed by atoms with Crippen LogP contribution in [0.25, 0.3) is 11.1 Å². The third-order valence-corrected chi connectivity index (χ3v) is 6.10. The summed E-state index contributed by atoms with van der Waals surface area (Å²) < 4.78 is 42.8. The highest BCUT2D eigenvalue weighted by Gasteiger charge is 2.37. The van der Waals surface area contributed by atoms with Gasteiger partial charge in [-0.3, -0.25) is 9.59 Å². The Morgan fingerprint density at radius 3 is 2.42 bits per heavy atom. The summed E-state index contributed by atoms with van der Waals surface area (Å²) in [6.07, 6.45) is 0.481. The summed E-state index contributed by atoms with van der Waals surface area (Å²) in [5.41, 5.74) is 2.03. The van der Waals surface area contributed by atoms with Crippen molar-refractivity contribution in [1.29, 1.82) is 0 Å². The van der Waals surface area contributed by atoms with Crippen molar-refractivity contribution in [2.45, 2.75) is 25.2 Å². The van der Waals surface area contributed by atoms with Gasteiger partial charge in [0.15, 0.2) is 0 Å². The number of likely N-dealkylation sites (tertiary alicyclic amines) is 1. The normalized spacial score (nSPS) is 19.7. The van der Waals surface area contributed by atoms with Crippen LogP contribution in [0.4, 0.5) is 13.2 Å². The molecule has 170 valence electrons. The van der Waals surface area contributed by atoms with Gasteiger partial charge in [0.1, 0.15) is 12.1 Å². The van der Waals surface area contributed by atoms with E-state index in [0.29, 0.717) is 36.3 Å². The molecular weight excluding hydrogens is 437 g/mol. The maximum atomic E-state index is 13.3. The molecule has 0 aliphatic carbocycles. The number of aromatic nitrogens is 3. The van der Waals surface area contributed by atoms with E-state index in [2.05, 4.69) is 14.7 Å². The van der Waals surface area contributed by atoms with E-state index in [0.717, 1.165) is 12.1 Å². The molecule has 2 aliphatic rings. The largest absolute Gasteiger partial charge is 0.573 e. The Hall–Kier alpha value is -3.69. The molecule has 1 saturated heterocycles. The number of piperidine rings is 1. The van der Waals surface area contributed by atoms with Crippen LogP contribution in [0.3, 0.4) is 0 Å². The molecule has 10 heteroatoms. The average Bonchev–Trinajstić information content (AvgIpc) is 2.79. The quantitative estimate of drug-likeness (QED) is 0.603. The number of amides is 1. The Morgan fingerprint density at radius 2 is 1.73 bits per heavy atom. The van der Waals surface area contributed by atoms with E-state index in [1.165, 1.54) is 43.0 Å². The van der Waals surface area contributed by atoms with Crippen molar-refractivity contribution in [3.8, 4) is 16.9 Å². The van der Waals surface area contributed by atoms with E-state index in [1.54, 1.807) is 15.5 Å². The van der Waals surface area contributed by atoms with Gasteiger partial charge in [-0.15, -0.1) is 13.2 Å². The van der Waals surface area contributed by atoms with Crippen LogP contribution in [0.2, 0.25) is 0 Å². The van der Waals surface area contributed by atoms with E-state index >= 15 is 0 Å². The lowest BCUT2D eigenvalue weighted by atomic mass is 9.82. The van der Waals surface area contributed by atoms with Crippen LogP contribution in [0, 0.1) is 5.92 Å². The van der Waals surface area contributed by atoms with Gasteiger partial charge in [-0.2, -0.15) is 0 Å². The first-order valence-electron chi connectivity index (χ1n) is 10.4. The van der Waals surface area contributed by atoms with Crippen LogP contribution >= 0.6 is 0 Å². The fourth-order valence-corrected chi connectivity index (χ4v) is 4.76. The van der Waals surface area contributed by atoms with Crippen LogP contribution in [0.15, 0.2) is 59.9 Å². The van der Waals surface area contributed by atoms with Crippen LogP contribution in [-0.2, 0) is 6.54 Å². The summed E-state index contributed by atoms with van der Waals surface area (Å²) >= 11 is 0. The number of benzene rings is 1. The molecular formula is C23H19F3N4O3. The van der Waals surface area contributed by atoms with Gasteiger partial charge in [-0.05, 0) is 42.2 Å². The molecule has 1 fully saturated rings. The molecule has 7 nitrogen and oxygen atoms in total. The smallest absolute Gasteiger partial charge is 0.406 e. The molecule has 2 aliphatic heterocycles. The van der Waals surface area contributed by atoms with E-state index < -0.39 is 6.36 Å². The zero-order valence-electron chi connectivity index (χ0n) is 17.3. The number of alkyl halides is 3. The number of pyridine rings is 1. The highest BCUT2D eigenvalue weighted by molar-refractivity contribution is 5.93. The molecule has 1 aromatic carbocycles. The standard InChI is InChI=1S/C23H19F3N4O3/c24-23(25,26)33-18-3-1-15(2-4-18)19-5-6-20-16-7-14(11-30(20)22(19)32)10-29(12-16)21(31)17-8-27-13-28-9-17/h1-6,8-9,13-14,16H,7,10-12H2/t14-,16+/m0/s1. The Balaban J connectivity index is 1.40. The van der Waals surface area contributed by atoms with Gasteiger partial charge in [-0.25, -0.2) is 9.97 Å². The minimum atomic E-state index is -4.77. The number of ether oxygens (including phenoxy) is 1. The second kappa shape index (κ2) is 8.02. The molecule has 0 radical (unpaired) electrons. The molecule has 0 unspecified atom stereocenters. The number of hydrogen-bond acceptors (Lipinski definition) is 5. The maximum absolute atomic E-state index is 13.3. The Bertz CT molecular complexity index is 1240. The molecule has 0 N–H and O–H groups in total. The van der Waals surface area contributed by atoms with Crippen molar-refractivity contribution < 1.29 is 22.7 Å². The molecule has 33 heavy (non-hydrogen) atoms. The third-order valence-electron chi connectivity index (χ3n) is 6.10. The number of halogens is 3. The van der Waals surface area contributed by atoms with Gasteiger partial charge < -0.3 is 14.2 Å². The van der Waals surface area contributed by atoms with Gasteiger partial charge in [0.2, 0.25) is 0 Å². The molecule has 2 atom stereocenters. The van der Waals surface area contributed by atoms with Gasteiger partial charge in [0.25, 0.3) is 11.5 Å². The average molecular weight is 456 g/mol. The first-order valence-corrected chi connectivity index (χ1v) is 10.4. The predicted octanol–water partition coefficient (Wildman–Crippen LogP) is 3.46.